The first kappa shape index (κ1) is 21.1. The van der Waals surface area contributed by atoms with Crippen LogP contribution in [0.1, 0.15) is 71.0 Å². The van der Waals surface area contributed by atoms with Crippen molar-refractivity contribution in [2.45, 2.75) is 70.9 Å². The Bertz CT molecular complexity index is 777. The van der Waals surface area contributed by atoms with Crippen LogP contribution in [0.4, 0.5) is 4.79 Å². The number of aromatic nitrogens is 1. The lowest BCUT2D eigenvalue weighted by Crippen LogP contribution is -2.36. The Morgan fingerprint density at radius 3 is 2.57 bits per heavy atom. The monoisotopic (exact) mass is 420 g/mol. The number of alkyl carbamates (subject to hydrolysis) is 1. The summed E-state index contributed by atoms with van der Waals surface area (Å²) < 4.78 is 5.49. The Morgan fingerprint density at radius 2 is 1.93 bits per heavy atom. The molecule has 0 saturated heterocycles. The standard InChI is InChI=1S/C22H29ClN2O2S/c1-22(2,3)27-21(26)25-18(13-15-7-5-4-6-8-15)19-14-28-20(24-19)16-9-11-17(23)12-10-16/h9-12,14-15,18H,4-8,13H2,1-3H3,(H,25,26). The summed E-state index contributed by atoms with van der Waals surface area (Å²) in [6.45, 7) is 5.64. The average molecular weight is 421 g/mol. The predicted molar refractivity (Wildman–Crippen MR) is 116 cm³/mol. The highest BCUT2D eigenvalue weighted by atomic mass is 35.5. The van der Waals surface area contributed by atoms with Gasteiger partial charge in [0.05, 0.1) is 11.7 Å². The van der Waals surface area contributed by atoms with Gasteiger partial charge in [0.25, 0.3) is 0 Å². The molecule has 1 aliphatic carbocycles. The average Bonchev–Trinajstić information content (AvgIpc) is 3.11. The second kappa shape index (κ2) is 9.27. The van der Waals surface area contributed by atoms with Crippen LogP contribution in [0, 0.1) is 5.92 Å². The molecule has 1 amide bonds. The third-order valence-electron chi connectivity index (χ3n) is 4.95. The van der Waals surface area contributed by atoms with E-state index < -0.39 is 5.60 Å². The van der Waals surface area contributed by atoms with Gasteiger partial charge in [0, 0.05) is 16.0 Å². The van der Waals surface area contributed by atoms with E-state index in [4.69, 9.17) is 21.3 Å². The molecule has 28 heavy (non-hydrogen) atoms. The lowest BCUT2D eigenvalue weighted by molar-refractivity contribution is 0.0493. The van der Waals surface area contributed by atoms with Crippen LogP contribution in [-0.2, 0) is 4.74 Å². The second-order valence-electron chi connectivity index (χ2n) is 8.52. The van der Waals surface area contributed by atoms with Gasteiger partial charge in [-0.25, -0.2) is 9.78 Å². The van der Waals surface area contributed by atoms with Crippen molar-refractivity contribution in [3.05, 3.63) is 40.4 Å². The molecule has 1 fully saturated rings. The summed E-state index contributed by atoms with van der Waals surface area (Å²) in [6, 6.07) is 7.56. The molecule has 0 bridgehead atoms. The summed E-state index contributed by atoms with van der Waals surface area (Å²) >= 11 is 7.59. The number of rotatable bonds is 5. The van der Waals surface area contributed by atoms with Crippen molar-refractivity contribution in [3.8, 4) is 10.6 Å². The number of nitrogens with zero attached hydrogens (tertiary/aromatic N) is 1. The third kappa shape index (κ3) is 6.21. The minimum absolute atomic E-state index is 0.129. The number of benzene rings is 1. The summed E-state index contributed by atoms with van der Waals surface area (Å²) in [5.41, 5.74) is 1.43. The van der Waals surface area contributed by atoms with E-state index >= 15 is 0 Å². The molecule has 1 aliphatic rings. The van der Waals surface area contributed by atoms with Crippen molar-refractivity contribution in [3.63, 3.8) is 0 Å². The molecule has 1 heterocycles. The van der Waals surface area contributed by atoms with Gasteiger partial charge in [-0.3, -0.25) is 0 Å². The highest BCUT2D eigenvalue weighted by Crippen LogP contribution is 2.34. The van der Waals surface area contributed by atoms with Gasteiger partial charge in [0.15, 0.2) is 0 Å². The van der Waals surface area contributed by atoms with E-state index in [1.165, 1.54) is 32.1 Å². The van der Waals surface area contributed by atoms with Crippen LogP contribution < -0.4 is 5.32 Å². The van der Waals surface area contributed by atoms with Crippen LogP contribution in [-0.4, -0.2) is 16.7 Å². The van der Waals surface area contributed by atoms with Crippen molar-refractivity contribution in [1.29, 1.82) is 0 Å². The SMILES string of the molecule is CC(C)(C)OC(=O)NC(CC1CCCCC1)c1csc(-c2ccc(Cl)cc2)n1. The number of thiazole rings is 1. The Hall–Kier alpha value is -1.59. The largest absolute Gasteiger partial charge is 0.444 e. The number of carbonyl (C=O) groups excluding carboxylic acids is 1. The molecule has 0 aliphatic heterocycles. The molecule has 1 saturated carbocycles. The Labute approximate surface area is 176 Å². The lowest BCUT2D eigenvalue weighted by atomic mass is 9.84. The maximum Gasteiger partial charge on any atom is 0.408 e. The van der Waals surface area contributed by atoms with Gasteiger partial charge in [-0.2, -0.15) is 0 Å². The van der Waals surface area contributed by atoms with Gasteiger partial charge in [-0.05, 0) is 45.2 Å². The van der Waals surface area contributed by atoms with Crippen molar-refractivity contribution in [2.75, 3.05) is 0 Å². The maximum atomic E-state index is 12.4. The summed E-state index contributed by atoms with van der Waals surface area (Å²) in [6.07, 6.45) is 6.84. The van der Waals surface area contributed by atoms with Gasteiger partial charge in [-0.15, -0.1) is 11.3 Å². The molecule has 1 aromatic carbocycles. The first-order valence-electron chi connectivity index (χ1n) is 10.0. The maximum absolute atomic E-state index is 12.4. The topological polar surface area (TPSA) is 51.2 Å². The van der Waals surface area contributed by atoms with Crippen LogP contribution in [0.25, 0.3) is 10.6 Å². The second-order valence-corrected chi connectivity index (χ2v) is 9.82. The van der Waals surface area contributed by atoms with E-state index in [1.54, 1.807) is 11.3 Å². The van der Waals surface area contributed by atoms with E-state index in [2.05, 4.69) is 10.7 Å². The smallest absolute Gasteiger partial charge is 0.408 e. The van der Waals surface area contributed by atoms with Gasteiger partial charge >= 0.3 is 6.09 Å². The van der Waals surface area contributed by atoms with Crippen LogP contribution in [0.5, 0.6) is 0 Å². The van der Waals surface area contributed by atoms with E-state index in [0.717, 1.165) is 22.7 Å². The van der Waals surface area contributed by atoms with E-state index in [9.17, 15) is 4.79 Å². The normalized spacial score (nSPS) is 16.6. The molecule has 1 N–H and O–H groups in total. The zero-order valence-corrected chi connectivity index (χ0v) is 18.4. The van der Waals surface area contributed by atoms with Crippen molar-refractivity contribution >= 4 is 29.0 Å². The minimum atomic E-state index is -0.518. The fourth-order valence-electron chi connectivity index (χ4n) is 3.63. The Kier molecular flexibility index (Phi) is 7.00. The molecule has 1 unspecified atom stereocenters. The lowest BCUT2D eigenvalue weighted by Gasteiger charge is -2.27. The summed E-state index contributed by atoms with van der Waals surface area (Å²) in [5.74, 6) is 0.620. The van der Waals surface area contributed by atoms with Crippen LogP contribution >= 0.6 is 22.9 Å². The van der Waals surface area contributed by atoms with E-state index in [1.807, 2.05) is 45.0 Å². The summed E-state index contributed by atoms with van der Waals surface area (Å²) in [7, 11) is 0. The molecule has 0 spiro atoms. The molecular formula is C22H29ClN2O2S. The third-order valence-corrected chi connectivity index (χ3v) is 6.12. The number of halogens is 1. The highest BCUT2D eigenvalue weighted by Gasteiger charge is 2.26. The zero-order chi connectivity index (χ0) is 20.1. The highest BCUT2D eigenvalue weighted by molar-refractivity contribution is 7.13. The quantitative estimate of drug-likeness (QED) is 0.566. The molecule has 1 aromatic heterocycles. The molecule has 1 atom stereocenters. The first-order chi connectivity index (χ1) is 13.3. The molecule has 6 heteroatoms. The van der Waals surface area contributed by atoms with E-state index in [-0.39, 0.29) is 12.1 Å². The number of nitrogens with one attached hydrogen (secondary N) is 1. The number of ether oxygens (including phenoxy) is 1. The number of hydrogen-bond acceptors (Lipinski definition) is 4. The molecule has 4 nitrogen and oxygen atoms in total. The van der Waals surface area contributed by atoms with E-state index in [0.29, 0.717) is 10.9 Å². The molecule has 152 valence electrons. The summed E-state index contributed by atoms with van der Waals surface area (Å²) in [4.78, 5) is 17.3. The Morgan fingerprint density at radius 1 is 1.25 bits per heavy atom. The van der Waals surface area contributed by atoms with Crippen molar-refractivity contribution in [2.24, 2.45) is 5.92 Å². The molecule has 2 aromatic rings. The van der Waals surface area contributed by atoms with Gasteiger partial charge in [0.1, 0.15) is 10.6 Å². The number of amides is 1. The summed E-state index contributed by atoms with van der Waals surface area (Å²) in [5, 5.41) is 6.77. The predicted octanol–water partition coefficient (Wildman–Crippen LogP) is 7.00. The number of hydrogen-bond donors (Lipinski definition) is 1. The zero-order valence-electron chi connectivity index (χ0n) is 16.8. The fourth-order valence-corrected chi connectivity index (χ4v) is 4.64. The number of carbonyl (C=O) groups is 1. The molecular weight excluding hydrogens is 392 g/mol. The van der Waals surface area contributed by atoms with Gasteiger partial charge in [0.2, 0.25) is 0 Å². The van der Waals surface area contributed by atoms with Crippen LogP contribution in [0.2, 0.25) is 5.02 Å². The fraction of sp³-hybridized carbons (Fsp3) is 0.545. The van der Waals surface area contributed by atoms with Gasteiger partial charge < -0.3 is 10.1 Å². The molecule has 3 rings (SSSR count). The van der Waals surface area contributed by atoms with Crippen LogP contribution in [0.15, 0.2) is 29.6 Å². The first-order valence-corrected chi connectivity index (χ1v) is 11.3. The molecule has 0 radical (unpaired) electrons. The Balaban J connectivity index is 1.77. The van der Waals surface area contributed by atoms with Crippen LogP contribution in [0.3, 0.4) is 0 Å². The van der Waals surface area contributed by atoms with Gasteiger partial charge in [-0.1, -0.05) is 55.8 Å². The minimum Gasteiger partial charge on any atom is -0.444 e. The van der Waals surface area contributed by atoms with Crippen molar-refractivity contribution < 1.29 is 9.53 Å². The van der Waals surface area contributed by atoms with Crippen molar-refractivity contribution in [1.82, 2.24) is 10.3 Å².